The fourth-order valence-electron chi connectivity index (χ4n) is 1.15. The van der Waals surface area contributed by atoms with Crippen molar-refractivity contribution in [3.05, 3.63) is 29.6 Å². The summed E-state index contributed by atoms with van der Waals surface area (Å²) < 4.78 is 36.8. The molecule has 3 N–H and O–H groups in total. The molecule has 0 saturated heterocycles. The molecule has 1 amide bonds. The van der Waals surface area contributed by atoms with Crippen molar-refractivity contribution < 1.29 is 18.0 Å². The Labute approximate surface area is 102 Å². The van der Waals surface area contributed by atoms with Crippen LogP contribution in [0.2, 0.25) is 0 Å². The molecule has 0 fully saturated rings. The van der Waals surface area contributed by atoms with Gasteiger partial charge in [-0.3, -0.25) is 9.78 Å². The molecule has 0 spiro atoms. The standard InChI is InChI=1S/C11H14F3N3O/c1-2-8(15)6-17-10(18)9-4-3-7(5-16-9)11(12,13)14/h3-5,8H,2,6,15H2,1H3,(H,17,18). The number of carbonyl (C=O) groups is 1. The minimum absolute atomic E-state index is 0.0636. The van der Waals surface area contributed by atoms with Crippen LogP contribution in [0.3, 0.4) is 0 Å². The van der Waals surface area contributed by atoms with E-state index >= 15 is 0 Å². The van der Waals surface area contributed by atoms with E-state index in [0.717, 1.165) is 12.1 Å². The van der Waals surface area contributed by atoms with E-state index in [4.69, 9.17) is 5.73 Å². The lowest BCUT2D eigenvalue weighted by Crippen LogP contribution is -2.37. The third kappa shape index (κ3) is 3.99. The van der Waals surface area contributed by atoms with Crippen LogP contribution in [0.1, 0.15) is 29.4 Å². The number of hydrogen-bond acceptors (Lipinski definition) is 3. The minimum Gasteiger partial charge on any atom is -0.349 e. The molecule has 4 nitrogen and oxygen atoms in total. The number of pyridine rings is 1. The van der Waals surface area contributed by atoms with E-state index in [2.05, 4.69) is 10.3 Å². The molecule has 1 atom stereocenters. The predicted molar refractivity (Wildman–Crippen MR) is 59.8 cm³/mol. The first-order chi connectivity index (χ1) is 8.34. The molecular formula is C11H14F3N3O. The summed E-state index contributed by atoms with van der Waals surface area (Å²) >= 11 is 0. The van der Waals surface area contributed by atoms with Gasteiger partial charge in [0, 0.05) is 18.8 Å². The highest BCUT2D eigenvalue weighted by Crippen LogP contribution is 2.28. The van der Waals surface area contributed by atoms with Crippen LogP contribution in [0.5, 0.6) is 0 Å². The molecule has 18 heavy (non-hydrogen) atoms. The molecule has 1 unspecified atom stereocenters. The zero-order valence-corrected chi connectivity index (χ0v) is 9.79. The highest BCUT2D eigenvalue weighted by atomic mass is 19.4. The number of nitrogens with two attached hydrogens (primary N) is 1. The number of aromatic nitrogens is 1. The molecule has 0 saturated carbocycles. The van der Waals surface area contributed by atoms with Crippen molar-refractivity contribution >= 4 is 5.91 Å². The Morgan fingerprint density at radius 1 is 1.50 bits per heavy atom. The molecule has 1 aromatic heterocycles. The van der Waals surface area contributed by atoms with Gasteiger partial charge in [-0.2, -0.15) is 13.2 Å². The van der Waals surface area contributed by atoms with Gasteiger partial charge in [-0.1, -0.05) is 6.92 Å². The van der Waals surface area contributed by atoms with Gasteiger partial charge in [0.1, 0.15) is 5.69 Å². The fraction of sp³-hybridized carbons (Fsp3) is 0.455. The van der Waals surface area contributed by atoms with Gasteiger partial charge in [-0.05, 0) is 18.6 Å². The Kier molecular flexibility index (Phi) is 4.66. The molecule has 0 bridgehead atoms. The Bertz CT molecular complexity index is 403. The molecule has 0 aliphatic heterocycles. The van der Waals surface area contributed by atoms with Crippen molar-refractivity contribution in [2.45, 2.75) is 25.6 Å². The Morgan fingerprint density at radius 2 is 2.17 bits per heavy atom. The van der Waals surface area contributed by atoms with Crippen molar-refractivity contribution in [3.63, 3.8) is 0 Å². The van der Waals surface area contributed by atoms with Gasteiger partial charge < -0.3 is 11.1 Å². The molecule has 0 aliphatic carbocycles. The number of nitrogens with zero attached hydrogens (tertiary/aromatic N) is 1. The smallest absolute Gasteiger partial charge is 0.349 e. The number of hydrogen-bond donors (Lipinski definition) is 2. The van der Waals surface area contributed by atoms with Gasteiger partial charge in [0.05, 0.1) is 5.56 Å². The van der Waals surface area contributed by atoms with Crippen LogP contribution >= 0.6 is 0 Å². The van der Waals surface area contributed by atoms with Gasteiger partial charge >= 0.3 is 6.18 Å². The van der Waals surface area contributed by atoms with E-state index in [9.17, 15) is 18.0 Å². The zero-order chi connectivity index (χ0) is 13.8. The van der Waals surface area contributed by atoms with Gasteiger partial charge in [0.15, 0.2) is 0 Å². The largest absolute Gasteiger partial charge is 0.417 e. The normalized spacial score (nSPS) is 13.2. The van der Waals surface area contributed by atoms with Gasteiger partial charge in [-0.25, -0.2) is 0 Å². The van der Waals surface area contributed by atoms with Crippen LogP contribution in [0, 0.1) is 0 Å². The van der Waals surface area contributed by atoms with Crippen LogP contribution in [0.25, 0.3) is 0 Å². The van der Waals surface area contributed by atoms with Crippen molar-refractivity contribution in [2.75, 3.05) is 6.54 Å². The third-order valence-corrected chi connectivity index (χ3v) is 2.37. The Balaban J connectivity index is 2.65. The molecule has 1 aromatic rings. The van der Waals surface area contributed by atoms with Crippen LogP contribution in [-0.2, 0) is 6.18 Å². The quantitative estimate of drug-likeness (QED) is 0.864. The average molecular weight is 261 g/mol. The van der Waals surface area contributed by atoms with Crippen LogP contribution < -0.4 is 11.1 Å². The van der Waals surface area contributed by atoms with Gasteiger partial charge in [0.25, 0.3) is 5.91 Å². The van der Waals surface area contributed by atoms with E-state index in [1.807, 2.05) is 6.92 Å². The first kappa shape index (κ1) is 14.4. The van der Waals surface area contributed by atoms with Crippen molar-refractivity contribution in [1.29, 1.82) is 0 Å². The average Bonchev–Trinajstić information content (AvgIpc) is 2.34. The molecule has 0 radical (unpaired) electrons. The maximum atomic E-state index is 12.3. The molecule has 1 heterocycles. The maximum absolute atomic E-state index is 12.3. The predicted octanol–water partition coefficient (Wildman–Crippen LogP) is 1.57. The second-order valence-corrected chi connectivity index (χ2v) is 3.81. The lowest BCUT2D eigenvalue weighted by Gasteiger charge is -2.10. The summed E-state index contributed by atoms with van der Waals surface area (Å²) in [6.07, 6.45) is -3.12. The van der Waals surface area contributed by atoms with Crippen LogP contribution in [0.4, 0.5) is 13.2 Å². The summed E-state index contributed by atoms with van der Waals surface area (Å²) in [5.41, 5.74) is 4.65. The molecule has 0 aromatic carbocycles. The van der Waals surface area contributed by atoms with E-state index < -0.39 is 17.6 Å². The monoisotopic (exact) mass is 261 g/mol. The van der Waals surface area contributed by atoms with Crippen molar-refractivity contribution in [2.24, 2.45) is 5.73 Å². The molecule has 1 rings (SSSR count). The Hall–Kier alpha value is -1.63. The van der Waals surface area contributed by atoms with E-state index in [0.29, 0.717) is 12.6 Å². The first-order valence-electron chi connectivity index (χ1n) is 5.41. The molecule has 0 aliphatic rings. The van der Waals surface area contributed by atoms with E-state index in [1.54, 1.807) is 0 Å². The third-order valence-electron chi connectivity index (χ3n) is 2.37. The fourth-order valence-corrected chi connectivity index (χ4v) is 1.15. The summed E-state index contributed by atoms with van der Waals surface area (Å²) in [6, 6.07) is 1.68. The van der Waals surface area contributed by atoms with Crippen molar-refractivity contribution in [1.82, 2.24) is 10.3 Å². The van der Waals surface area contributed by atoms with E-state index in [1.165, 1.54) is 0 Å². The first-order valence-corrected chi connectivity index (χ1v) is 5.41. The van der Waals surface area contributed by atoms with Crippen LogP contribution in [-0.4, -0.2) is 23.5 Å². The number of rotatable bonds is 4. The summed E-state index contributed by atoms with van der Waals surface area (Å²) in [7, 11) is 0. The summed E-state index contributed by atoms with van der Waals surface area (Å²) in [5, 5.41) is 2.50. The topological polar surface area (TPSA) is 68.0 Å². The second kappa shape index (κ2) is 5.81. The minimum atomic E-state index is -4.45. The molecular weight excluding hydrogens is 247 g/mol. The maximum Gasteiger partial charge on any atom is 0.417 e. The number of carbonyl (C=O) groups excluding carboxylic acids is 1. The van der Waals surface area contributed by atoms with Gasteiger partial charge in [0.2, 0.25) is 0 Å². The summed E-state index contributed by atoms with van der Waals surface area (Å²) in [4.78, 5) is 15.0. The summed E-state index contributed by atoms with van der Waals surface area (Å²) in [5.74, 6) is -0.535. The Morgan fingerprint density at radius 3 is 2.61 bits per heavy atom. The highest BCUT2D eigenvalue weighted by Gasteiger charge is 2.30. The van der Waals surface area contributed by atoms with Crippen molar-refractivity contribution in [3.8, 4) is 0 Å². The summed E-state index contributed by atoms with van der Waals surface area (Å²) in [6.45, 7) is 2.13. The number of alkyl halides is 3. The highest BCUT2D eigenvalue weighted by molar-refractivity contribution is 5.92. The number of nitrogens with one attached hydrogen (secondary N) is 1. The number of amides is 1. The lowest BCUT2D eigenvalue weighted by molar-refractivity contribution is -0.137. The SMILES string of the molecule is CCC(N)CNC(=O)c1ccc(C(F)(F)F)cn1. The second-order valence-electron chi connectivity index (χ2n) is 3.81. The lowest BCUT2D eigenvalue weighted by atomic mass is 10.2. The van der Waals surface area contributed by atoms with E-state index in [-0.39, 0.29) is 18.3 Å². The molecule has 7 heteroatoms. The van der Waals surface area contributed by atoms with Crippen LogP contribution in [0.15, 0.2) is 18.3 Å². The zero-order valence-electron chi connectivity index (χ0n) is 9.79. The number of halogens is 3. The van der Waals surface area contributed by atoms with Gasteiger partial charge in [-0.15, -0.1) is 0 Å². The molecule has 100 valence electrons.